The number of nitrogens with one attached hydrogen (secondary N) is 2. The number of methoxy groups -OCH3 is 1. The maximum atomic E-state index is 11.5. The number of carbonyl (C=O) groups is 1. The van der Waals surface area contributed by atoms with Crippen molar-refractivity contribution in [3.8, 4) is 0 Å². The minimum atomic E-state index is -0.0471. The zero-order chi connectivity index (χ0) is 12.5. The Kier molecular flexibility index (Phi) is 6.83. The van der Waals surface area contributed by atoms with Gasteiger partial charge in [-0.05, 0) is 15.9 Å². The van der Waals surface area contributed by atoms with Gasteiger partial charge >= 0.3 is 0 Å². The summed E-state index contributed by atoms with van der Waals surface area (Å²) in [6.07, 6.45) is 3.41. The Morgan fingerprint density at radius 1 is 1.53 bits per heavy atom. The van der Waals surface area contributed by atoms with Crippen LogP contribution in [0.15, 0.2) is 16.9 Å². The Morgan fingerprint density at radius 3 is 3.00 bits per heavy atom. The molecule has 1 heterocycles. The van der Waals surface area contributed by atoms with Crippen molar-refractivity contribution in [3.63, 3.8) is 0 Å². The topological polar surface area (TPSA) is 68.2 Å². The molecular weight excluding hydrogens is 288 g/mol. The summed E-state index contributed by atoms with van der Waals surface area (Å²) >= 11 is 3.27. The fourth-order valence-corrected chi connectivity index (χ4v) is 1.55. The monoisotopic (exact) mass is 304 g/mol. The third kappa shape index (κ3) is 6.40. The van der Waals surface area contributed by atoms with E-state index in [-0.39, 0.29) is 12.5 Å². The predicted molar refractivity (Wildman–Crippen MR) is 67.7 cm³/mol. The minimum Gasteiger partial charge on any atom is -0.383 e. The van der Waals surface area contributed by atoms with Crippen LogP contribution < -0.4 is 10.6 Å². The fraction of sp³-hybridized carbons (Fsp3) is 0.600. The lowest BCUT2D eigenvalue weighted by Gasteiger charge is -2.06. The van der Waals surface area contributed by atoms with E-state index in [1.807, 2.05) is 0 Å². The van der Waals surface area contributed by atoms with E-state index in [0.717, 1.165) is 17.6 Å². The molecule has 2 N–H and O–H groups in total. The van der Waals surface area contributed by atoms with E-state index in [9.17, 15) is 4.79 Å². The lowest BCUT2D eigenvalue weighted by molar-refractivity contribution is -0.121. The highest BCUT2D eigenvalue weighted by atomic mass is 79.9. The van der Waals surface area contributed by atoms with Gasteiger partial charge in [0.15, 0.2) is 0 Å². The van der Waals surface area contributed by atoms with Crippen LogP contribution in [-0.4, -0.2) is 49.0 Å². The molecule has 0 radical (unpaired) electrons. The number of aromatic nitrogens is 2. The van der Waals surface area contributed by atoms with Crippen LogP contribution in [0, 0.1) is 0 Å². The van der Waals surface area contributed by atoms with E-state index in [1.54, 1.807) is 24.2 Å². The molecule has 0 aromatic carbocycles. The summed E-state index contributed by atoms with van der Waals surface area (Å²) in [4.78, 5) is 11.5. The van der Waals surface area contributed by atoms with Crippen molar-refractivity contribution in [3.05, 3.63) is 16.9 Å². The van der Waals surface area contributed by atoms with Crippen molar-refractivity contribution in [1.82, 2.24) is 20.4 Å². The average Bonchev–Trinajstić information content (AvgIpc) is 2.69. The van der Waals surface area contributed by atoms with E-state index in [1.165, 1.54) is 0 Å². The molecule has 96 valence electrons. The Labute approximate surface area is 109 Å². The van der Waals surface area contributed by atoms with Gasteiger partial charge in [0, 0.05) is 32.9 Å². The molecule has 6 nitrogen and oxygen atoms in total. The smallest absolute Gasteiger partial charge is 0.241 e. The molecule has 0 atom stereocenters. The summed E-state index contributed by atoms with van der Waals surface area (Å²) in [6.45, 7) is 3.04. The van der Waals surface area contributed by atoms with Crippen molar-refractivity contribution in [2.24, 2.45) is 0 Å². The second kappa shape index (κ2) is 8.21. The second-order valence-corrected chi connectivity index (χ2v) is 4.36. The van der Waals surface area contributed by atoms with Gasteiger partial charge in [-0.15, -0.1) is 0 Å². The number of ether oxygens (including phenoxy) is 1. The number of hydrogen-bond acceptors (Lipinski definition) is 4. The van der Waals surface area contributed by atoms with E-state index < -0.39 is 0 Å². The maximum Gasteiger partial charge on any atom is 0.241 e. The molecule has 0 saturated heterocycles. The third-order valence-electron chi connectivity index (χ3n) is 2.01. The number of amides is 1. The Bertz CT molecular complexity index is 343. The van der Waals surface area contributed by atoms with Crippen molar-refractivity contribution < 1.29 is 9.53 Å². The first-order chi connectivity index (χ1) is 8.22. The maximum absolute atomic E-state index is 11.5. The van der Waals surface area contributed by atoms with Crippen molar-refractivity contribution in [2.75, 3.05) is 33.4 Å². The number of carbonyl (C=O) groups excluding carboxylic acids is 1. The van der Waals surface area contributed by atoms with E-state index in [0.29, 0.717) is 13.2 Å². The van der Waals surface area contributed by atoms with Gasteiger partial charge < -0.3 is 15.4 Å². The number of rotatable bonds is 8. The second-order valence-electron chi connectivity index (χ2n) is 3.45. The minimum absolute atomic E-state index is 0.0471. The molecule has 7 heteroatoms. The summed E-state index contributed by atoms with van der Waals surface area (Å²) in [5.41, 5.74) is 0. The highest BCUT2D eigenvalue weighted by Crippen LogP contribution is 2.05. The molecule has 0 saturated carbocycles. The number of hydrogen-bond donors (Lipinski definition) is 2. The Hall–Kier alpha value is -0.920. The summed E-state index contributed by atoms with van der Waals surface area (Å²) in [5, 5.41) is 9.94. The largest absolute Gasteiger partial charge is 0.383 e. The molecule has 0 aliphatic carbocycles. The van der Waals surface area contributed by atoms with Gasteiger partial charge in [0.2, 0.25) is 5.91 Å². The average molecular weight is 305 g/mol. The first kappa shape index (κ1) is 14.1. The van der Waals surface area contributed by atoms with Crippen LogP contribution in [0.5, 0.6) is 0 Å². The SMILES string of the molecule is COCCNCCNC(=O)Cn1cc(Br)cn1. The van der Waals surface area contributed by atoms with Gasteiger partial charge in [0.1, 0.15) is 6.54 Å². The van der Waals surface area contributed by atoms with E-state index in [4.69, 9.17) is 4.74 Å². The van der Waals surface area contributed by atoms with Gasteiger partial charge in [-0.25, -0.2) is 0 Å². The molecule has 1 aromatic rings. The summed E-state index contributed by atoms with van der Waals surface area (Å²) in [7, 11) is 1.66. The van der Waals surface area contributed by atoms with Gasteiger partial charge in [-0.1, -0.05) is 0 Å². The molecule has 0 bridgehead atoms. The van der Waals surface area contributed by atoms with Crippen LogP contribution >= 0.6 is 15.9 Å². The molecule has 0 unspecified atom stereocenters. The predicted octanol–water partition coefficient (Wildman–Crippen LogP) is -0.00220. The normalized spacial score (nSPS) is 10.5. The molecule has 0 aliphatic rings. The van der Waals surface area contributed by atoms with Crippen LogP contribution in [0.3, 0.4) is 0 Å². The molecule has 17 heavy (non-hydrogen) atoms. The summed E-state index contributed by atoms with van der Waals surface area (Å²) in [6, 6.07) is 0. The zero-order valence-corrected chi connectivity index (χ0v) is 11.4. The molecule has 0 aliphatic heterocycles. The third-order valence-corrected chi connectivity index (χ3v) is 2.42. The Balaban J connectivity index is 2.05. The molecule has 1 aromatic heterocycles. The van der Waals surface area contributed by atoms with Crippen LogP contribution in [0.4, 0.5) is 0 Å². The first-order valence-electron chi connectivity index (χ1n) is 5.36. The van der Waals surface area contributed by atoms with Crippen molar-refractivity contribution >= 4 is 21.8 Å². The highest BCUT2D eigenvalue weighted by molar-refractivity contribution is 9.10. The van der Waals surface area contributed by atoms with Crippen molar-refractivity contribution in [1.29, 1.82) is 0 Å². The first-order valence-corrected chi connectivity index (χ1v) is 6.16. The van der Waals surface area contributed by atoms with Crippen LogP contribution in [0.1, 0.15) is 0 Å². The van der Waals surface area contributed by atoms with Crippen molar-refractivity contribution in [2.45, 2.75) is 6.54 Å². The van der Waals surface area contributed by atoms with Gasteiger partial charge in [0.05, 0.1) is 17.3 Å². The van der Waals surface area contributed by atoms with Gasteiger partial charge in [-0.3, -0.25) is 9.48 Å². The van der Waals surface area contributed by atoms with Crippen LogP contribution in [0.2, 0.25) is 0 Å². The molecule has 0 fully saturated rings. The van der Waals surface area contributed by atoms with Gasteiger partial charge in [0.25, 0.3) is 0 Å². The molecule has 0 spiro atoms. The Morgan fingerprint density at radius 2 is 2.35 bits per heavy atom. The van der Waals surface area contributed by atoms with E-state index >= 15 is 0 Å². The van der Waals surface area contributed by atoms with E-state index in [2.05, 4.69) is 31.7 Å². The number of halogens is 1. The molecule has 1 rings (SSSR count). The molecular formula is C10H17BrN4O2. The highest BCUT2D eigenvalue weighted by Gasteiger charge is 2.02. The van der Waals surface area contributed by atoms with Crippen LogP contribution in [-0.2, 0) is 16.1 Å². The fourth-order valence-electron chi connectivity index (χ4n) is 1.22. The lowest BCUT2D eigenvalue weighted by atomic mass is 10.5. The summed E-state index contributed by atoms with van der Waals surface area (Å²) < 4.78 is 7.33. The summed E-state index contributed by atoms with van der Waals surface area (Å²) in [5.74, 6) is -0.0471. The lowest BCUT2D eigenvalue weighted by Crippen LogP contribution is -2.34. The number of nitrogens with zero attached hydrogens (tertiary/aromatic N) is 2. The zero-order valence-electron chi connectivity index (χ0n) is 9.78. The standard InChI is InChI=1S/C10H17BrN4O2/c1-17-5-4-12-2-3-13-10(16)8-15-7-9(11)6-14-15/h6-7,12H,2-5,8H2,1H3,(H,13,16). The molecule has 1 amide bonds. The quantitative estimate of drug-likeness (QED) is 0.663. The van der Waals surface area contributed by atoms with Gasteiger partial charge in [-0.2, -0.15) is 5.10 Å². The van der Waals surface area contributed by atoms with Crippen LogP contribution in [0.25, 0.3) is 0 Å².